The van der Waals surface area contributed by atoms with Gasteiger partial charge in [-0.15, -0.1) is 0 Å². The maximum absolute atomic E-state index is 12.5. The summed E-state index contributed by atoms with van der Waals surface area (Å²) in [6, 6.07) is -0.541. The van der Waals surface area contributed by atoms with E-state index in [0.717, 1.165) is 38.5 Å². The number of hydrogen-bond donors (Lipinski definition) is 3. The molecular formula is C73H143NO5. The van der Waals surface area contributed by atoms with Gasteiger partial charge in [0.05, 0.1) is 25.4 Å². The third-order valence-corrected chi connectivity index (χ3v) is 17.3. The predicted octanol–water partition coefficient (Wildman–Crippen LogP) is 23.5. The van der Waals surface area contributed by atoms with E-state index >= 15 is 0 Å². The van der Waals surface area contributed by atoms with E-state index in [1.165, 1.54) is 347 Å². The van der Waals surface area contributed by atoms with E-state index < -0.39 is 12.1 Å². The molecule has 470 valence electrons. The van der Waals surface area contributed by atoms with E-state index in [-0.39, 0.29) is 18.5 Å². The number of unbranched alkanes of at least 4 members (excludes halogenated alkanes) is 56. The van der Waals surface area contributed by atoms with Crippen LogP contribution in [0.5, 0.6) is 0 Å². The lowest BCUT2D eigenvalue weighted by molar-refractivity contribution is -0.143. The van der Waals surface area contributed by atoms with Crippen LogP contribution in [0.15, 0.2) is 12.2 Å². The first kappa shape index (κ1) is 77.6. The summed E-state index contributed by atoms with van der Waals surface area (Å²) in [5.74, 6) is -0.00960. The first-order valence-electron chi connectivity index (χ1n) is 36.4. The van der Waals surface area contributed by atoms with Gasteiger partial charge < -0.3 is 20.3 Å². The lowest BCUT2D eigenvalue weighted by Gasteiger charge is -2.22. The molecule has 0 aliphatic carbocycles. The molecule has 2 atom stereocenters. The Bertz CT molecular complexity index is 1190. The fourth-order valence-corrected chi connectivity index (χ4v) is 11.8. The lowest BCUT2D eigenvalue weighted by Crippen LogP contribution is -2.45. The molecule has 6 heteroatoms. The highest BCUT2D eigenvalue weighted by molar-refractivity contribution is 5.76. The molecule has 0 radical (unpaired) electrons. The topological polar surface area (TPSA) is 95.9 Å². The number of allylic oxidation sites excluding steroid dienone is 2. The van der Waals surface area contributed by atoms with Gasteiger partial charge in [-0.2, -0.15) is 0 Å². The molecule has 3 N–H and O–H groups in total. The molecular weight excluding hydrogens is 971 g/mol. The molecule has 79 heavy (non-hydrogen) atoms. The van der Waals surface area contributed by atoms with E-state index in [9.17, 15) is 19.8 Å². The summed E-state index contributed by atoms with van der Waals surface area (Å²) in [4.78, 5) is 24.6. The number of aliphatic hydroxyl groups excluding tert-OH is 2. The average Bonchev–Trinajstić information content (AvgIpc) is 3.45. The first-order chi connectivity index (χ1) is 39.0. The monoisotopic (exact) mass is 1110 g/mol. The fourth-order valence-electron chi connectivity index (χ4n) is 11.8. The molecule has 1 amide bonds. The SMILES string of the molecule is CCCCCCCCCCCCCCCCCCCCCC(O)C(CO)NC(=O)CCCCCCCCCCCCCCC/C=C\CCCCCCCCCCCCCCOC(=O)CCCCCCCCCCCCCCCC. The maximum Gasteiger partial charge on any atom is 0.305 e. The zero-order valence-corrected chi connectivity index (χ0v) is 53.9. The van der Waals surface area contributed by atoms with E-state index in [4.69, 9.17) is 4.74 Å². The number of aliphatic hydroxyl groups is 2. The van der Waals surface area contributed by atoms with Crippen molar-refractivity contribution in [1.82, 2.24) is 5.32 Å². The molecule has 0 rings (SSSR count). The van der Waals surface area contributed by atoms with Gasteiger partial charge in [0.2, 0.25) is 5.91 Å². The van der Waals surface area contributed by atoms with Gasteiger partial charge in [0, 0.05) is 12.8 Å². The number of carbonyl (C=O) groups is 2. The molecule has 0 fully saturated rings. The smallest absolute Gasteiger partial charge is 0.305 e. The van der Waals surface area contributed by atoms with Crippen LogP contribution in [0.1, 0.15) is 418 Å². The van der Waals surface area contributed by atoms with Crippen LogP contribution in [0.25, 0.3) is 0 Å². The van der Waals surface area contributed by atoms with Crippen LogP contribution in [0, 0.1) is 0 Å². The number of rotatable bonds is 69. The van der Waals surface area contributed by atoms with Crippen LogP contribution in [-0.2, 0) is 14.3 Å². The predicted molar refractivity (Wildman–Crippen MR) is 347 cm³/mol. The van der Waals surface area contributed by atoms with Gasteiger partial charge in [-0.25, -0.2) is 0 Å². The molecule has 0 saturated heterocycles. The maximum atomic E-state index is 12.5. The summed E-state index contributed by atoms with van der Waals surface area (Å²) in [5.41, 5.74) is 0. The first-order valence-corrected chi connectivity index (χ1v) is 36.4. The fraction of sp³-hybridized carbons (Fsp3) is 0.945. The van der Waals surface area contributed by atoms with Crippen LogP contribution < -0.4 is 5.32 Å². The minimum atomic E-state index is -0.664. The van der Waals surface area contributed by atoms with Crippen molar-refractivity contribution in [2.24, 2.45) is 0 Å². The Morgan fingerprint density at radius 1 is 0.342 bits per heavy atom. The van der Waals surface area contributed by atoms with Crippen LogP contribution in [0.2, 0.25) is 0 Å². The molecule has 0 heterocycles. The van der Waals surface area contributed by atoms with Gasteiger partial charge in [-0.05, 0) is 51.4 Å². The number of nitrogens with one attached hydrogen (secondary N) is 1. The van der Waals surface area contributed by atoms with Crippen LogP contribution >= 0.6 is 0 Å². The minimum absolute atomic E-state index is 0.0198. The molecule has 0 bridgehead atoms. The van der Waals surface area contributed by atoms with Crippen LogP contribution in [-0.4, -0.2) is 47.4 Å². The Morgan fingerprint density at radius 3 is 0.899 bits per heavy atom. The largest absolute Gasteiger partial charge is 0.466 e. The zero-order valence-electron chi connectivity index (χ0n) is 53.9. The molecule has 6 nitrogen and oxygen atoms in total. The van der Waals surface area contributed by atoms with Crippen molar-refractivity contribution in [1.29, 1.82) is 0 Å². The highest BCUT2D eigenvalue weighted by atomic mass is 16.5. The summed E-state index contributed by atoms with van der Waals surface area (Å²) in [6.07, 6.45) is 85.5. The average molecular weight is 1110 g/mol. The second kappa shape index (κ2) is 69.1. The molecule has 0 aromatic carbocycles. The van der Waals surface area contributed by atoms with Crippen molar-refractivity contribution in [3.63, 3.8) is 0 Å². The Morgan fingerprint density at radius 2 is 0.595 bits per heavy atom. The summed E-state index contributed by atoms with van der Waals surface area (Å²) < 4.78 is 5.50. The molecule has 0 spiro atoms. The summed E-state index contributed by atoms with van der Waals surface area (Å²) >= 11 is 0. The molecule has 0 saturated carbocycles. The summed E-state index contributed by atoms with van der Waals surface area (Å²) in [6.45, 7) is 5.00. The van der Waals surface area contributed by atoms with Gasteiger partial charge in [0.1, 0.15) is 0 Å². The highest BCUT2D eigenvalue weighted by Crippen LogP contribution is 2.19. The quantitative estimate of drug-likeness (QED) is 0.0320. The van der Waals surface area contributed by atoms with E-state index in [1.807, 2.05) is 0 Å². The molecule has 0 aliphatic rings. The Labute approximate surface area is 495 Å². The van der Waals surface area contributed by atoms with Gasteiger partial charge >= 0.3 is 5.97 Å². The highest BCUT2D eigenvalue weighted by Gasteiger charge is 2.20. The van der Waals surface area contributed by atoms with Gasteiger partial charge in [0.15, 0.2) is 0 Å². The number of carbonyl (C=O) groups excluding carboxylic acids is 2. The van der Waals surface area contributed by atoms with Crippen molar-refractivity contribution < 1.29 is 24.5 Å². The second-order valence-corrected chi connectivity index (χ2v) is 25.3. The summed E-state index contributed by atoms with van der Waals surface area (Å²) in [7, 11) is 0. The van der Waals surface area contributed by atoms with Crippen LogP contribution in [0.4, 0.5) is 0 Å². The van der Waals surface area contributed by atoms with Crippen molar-refractivity contribution in [3.8, 4) is 0 Å². The Balaban J connectivity index is 3.36. The number of hydrogen-bond acceptors (Lipinski definition) is 5. The van der Waals surface area contributed by atoms with Crippen molar-refractivity contribution in [3.05, 3.63) is 12.2 Å². The van der Waals surface area contributed by atoms with Crippen molar-refractivity contribution in [2.45, 2.75) is 431 Å². The lowest BCUT2D eigenvalue weighted by atomic mass is 10.0. The molecule has 0 aliphatic heterocycles. The normalized spacial score (nSPS) is 12.5. The minimum Gasteiger partial charge on any atom is -0.466 e. The number of esters is 1. The Kier molecular flexibility index (Phi) is 67.9. The van der Waals surface area contributed by atoms with E-state index in [0.29, 0.717) is 25.9 Å². The van der Waals surface area contributed by atoms with Crippen LogP contribution in [0.3, 0.4) is 0 Å². The Hall–Kier alpha value is -1.40. The molecule has 2 unspecified atom stereocenters. The van der Waals surface area contributed by atoms with E-state index in [2.05, 4.69) is 31.3 Å². The third-order valence-electron chi connectivity index (χ3n) is 17.3. The van der Waals surface area contributed by atoms with E-state index in [1.54, 1.807) is 0 Å². The zero-order chi connectivity index (χ0) is 57.1. The summed E-state index contributed by atoms with van der Waals surface area (Å²) in [5, 5.41) is 23.4. The molecule has 0 aromatic heterocycles. The number of ether oxygens (including phenoxy) is 1. The van der Waals surface area contributed by atoms with Gasteiger partial charge in [0.25, 0.3) is 0 Å². The van der Waals surface area contributed by atoms with Crippen molar-refractivity contribution in [2.75, 3.05) is 13.2 Å². The standard InChI is InChI=1S/C73H143NO5/c1-3-5-7-9-11-13-15-17-19-20-32-35-38-41-45-49-53-57-61-65-71(76)70(69-75)74-72(77)66-62-58-54-50-46-42-39-36-33-30-28-26-24-22-21-23-25-27-29-31-34-37-40-44-48-52-56-60-64-68-79-73(78)67-63-59-55-51-47-43-18-16-14-12-10-8-6-4-2/h21,23,70-71,75-76H,3-20,22,24-69H2,1-2H3,(H,74,77)/b23-21-. The second-order valence-electron chi connectivity index (χ2n) is 25.3. The number of amides is 1. The third kappa shape index (κ3) is 65.6. The van der Waals surface area contributed by atoms with Crippen molar-refractivity contribution >= 4 is 11.9 Å². The van der Waals surface area contributed by atoms with Gasteiger partial charge in [-0.3, -0.25) is 9.59 Å². The van der Waals surface area contributed by atoms with Gasteiger partial charge in [-0.1, -0.05) is 366 Å². The molecule has 0 aromatic rings.